The first kappa shape index (κ1) is 21.6. The normalized spacial score (nSPS) is 15.4. The quantitative estimate of drug-likeness (QED) is 0.469. The number of aromatic nitrogens is 6. The molecule has 7 nitrogen and oxygen atoms in total. The summed E-state index contributed by atoms with van der Waals surface area (Å²) >= 11 is 0. The van der Waals surface area contributed by atoms with Gasteiger partial charge in [0.2, 0.25) is 0 Å². The van der Waals surface area contributed by atoms with Gasteiger partial charge in [-0.2, -0.15) is 0 Å². The van der Waals surface area contributed by atoms with Gasteiger partial charge in [-0.1, -0.05) is 0 Å². The van der Waals surface area contributed by atoms with E-state index in [2.05, 4.69) is 39.9 Å². The molecule has 0 N–H and O–H groups in total. The van der Waals surface area contributed by atoms with Crippen LogP contribution >= 0.6 is 0 Å². The Morgan fingerprint density at radius 1 is 1.00 bits per heavy atom. The molecule has 1 fully saturated rings. The summed E-state index contributed by atoms with van der Waals surface area (Å²) in [6.07, 6.45) is 7.08. The minimum absolute atomic E-state index is 0.398. The number of rotatable bonds is 4. The maximum absolute atomic E-state index is 14.0. The highest BCUT2D eigenvalue weighted by atomic mass is 19.1. The number of fused-ring (bicyclic) bond motifs is 1. The zero-order valence-electron chi connectivity index (χ0n) is 19.5. The number of aryl methyl sites for hydroxylation is 3. The van der Waals surface area contributed by atoms with Crippen LogP contribution in [-0.2, 0) is 6.54 Å². The molecule has 170 valence electrons. The van der Waals surface area contributed by atoms with Gasteiger partial charge < -0.3 is 9.47 Å². The molecule has 5 rings (SSSR count). The van der Waals surface area contributed by atoms with Crippen molar-refractivity contribution in [3.8, 4) is 11.4 Å². The predicted octanol–water partition coefficient (Wildman–Crippen LogP) is 4.21. The SMILES string of the molecule is Cc1nc(C)c2nc(-c3cncc(F)c3)n(Cc3cnc(C4CCN(C)CC4)cc3C)c2n1. The number of hydrogen-bond acceptors (Lipinski definition) is 6. The highest BCUT2D eigenvalue weighted by Crippen LogP contribution is 2.29. The molecule has 0 radical (unpaired) electrons. The van der Waals surface area contributed by atoms with Crippen molar-refractivity contribution >= 4 is 11.2 Å². The van der Waals surface area contributed by atoms with E-state index >= 15 is 0 Å². The molecule has 1 aliphatic heterocycles. The highest BCUT2D eigenvalue weighted by molar-refractivity contribution is 5.79. The van der Waals surface area contributed by atoms with Crippen molar-refractivity contribution in [2.24, 2.45) is 0 Å². The van der Waals surface area contributed by atoms with Crippen LogP contribution in [0.1, 0.15) is 47.1 Å². The second kappa shape index (κ2) is 8.59. The third-order valence-corrected chi connectivity index (χ3v) is 6.55. The minimum Gasteiger partial charge on any atom is -0.306 e. The number of likely N-dealkylation sites (tertiary alicyclic amines) is 1. The molecular weight excluding hydrogens is 417 g/mol. The molecule has 1 saturated heterocycles. The lowest BCUT2D eigenvalue weighted by molar-refractivity contribution is 0.253. The molecule has 0 amide bonds. The Morgan fingerprint density at radius 3 is 2.52 bits per heavy atom. The molecule has 0 atom stereocenters. The smallest absolute Gasteiger partial charge is 0.164 e. The van der Waals surface area contributed by atoms with Crippen molar-refractivity contribution in [1.82, 2.24) is 34.4 Å². The van der Waals surface area contributed by atoms with E-state index in [9.17, 15) is 4.39 Å². The Hall–Kier alpha value is -3.26. The van der Waals surface area contributed by atoms with Crippen LogP contribution in [0.25, 0.3) is 22.6 Å². The minimum atomic E-state index is -0.398. The molecule has 0 spiro atoms. The maximum Gasteiger partial charge on any atom is 0.164 e. The number of pyridine rings is 2. The largest absolute Gasteiger partial charge is 0.306 e. The van der Waals surface area contributed by atoms with Crippen LogP contribution in [0.3, 0.4) is 0 Å². The van der Waals surface area contributed by atoms with Gasteiger partial charge in [-0.25, -0.2) is 19.3 Å². The van der Waals surface area contributed by atoms with Crippen LogP contribution in [-0.4, -0.2) is 54.5 Å². The zero-order chi connectivity index (χ0) is 23.1. The van der Waals surface area contributed by atoms with Gasteiger partial charge in [0, 0.05) is 29.6 Å². The molecule has 1 aliphatic rings. The van der Waals surface area contributed by atoms with Crippen LogP contribution < -0.4 is 0 Å². The Balaban J connectivity index is 1.56. The molecule has 5 heterocycles. The standard InChI is InChI=1S/C25H28FN7/c1-15-9-22(18-5-7-32(4)8-6-18)28-12-20(15)14-33-24(19-10-21(26)13-27-11-19)31-23-16(2)29-17(3)30-25(23)33/h9-13,18H,5-8,14H2,1-4H3. The van der Waals surface area contributed by atoms with Crippen molar-refractivity contribution < 1.29 is 4.39 Å². The number of imidazole rings is 1. The lowest BCUT2D eigenvalue weighted by atomic mass is 9.92. The third-order valence-electron chi connectivity index (χ3n) is 6.55. The summed E-state index contributed by atoms with van der Waals surface area (Å²) in [5, 5.41) is 0. The Morgan fingerprint density at radius 2 is 1.79 bits per heavy atom. The number of halogens is 1. The van der Waals surface area contributed by atoms with Gasteiger partial charge in [-0.3, -0.25) is 9.97 Å². The molecule has 0 aliphatic carbocycles. The third kappa shape index (κ3) is 4.23. The molecule has 0 unspecified atom stereocenters. The van der Waals surface area contributed by atoms with Gasteiger partial charge in [-0.15, -0.1) is 0 Å². The molecule has 0 aromatic carbocycles. The second-order valence-electron chi connectivity index (χ2n) is 9.06. The van der Waals surface area contributed by atoms with Crippen molar-refractivity contribution in [3.63, 3.8) is 0 Å². The first-order valence-corrected chi connectivity index (χ1v) is 11.4. The fourth-order valence-electron chi connectivity index (χ4n) is 4.65. The highest BCUT2D eigenvalue weighted by Gasteiger charge is 2.21. The number of nitrogens with zero attached hydrogens (tertiary/aromatic N) is 7. The van der Waals surface area contributed by atoms with Crippen LogP contribution in [0.2, 0.25) is 0 Å². The summed E-state index contributed by atoms with van der Waals surface area (Å²) in [4.78, 5) is 25.2. The van der Waals surface area contributed by atoms with Gasteiger partial charge in [0.25, 0.3) is 0 Å². The summed E-state index contributed by atoms with van der Waals surface area (Å²) < 4.78 is 16.0. The first-order chi connectivity index (χ1) is 15.9. The molecule has 8 heteroatoms. The van der Waals surface area contributed by atoms with E-state index in [-0.39, 0.29) is 0 Å². The van der Waals surface area contributed by atoms with Crippen molar-refractivity contribution in [3.05, 3.63) is 64.9 Å². The van der Waals surface area contributed by atoms with E-state index in [0.29, 0.717) is 35.2 Å². The fraction of sp³-hybridized carbons (Fsp3) is 0.400. The summed E-state index contributed by atoms with van der Waals surface area (Å²) in [5.74, 6) is 1.41. The number of piperidine rings is 1. The van der Waals surface area contributed by atoms with Crippen LogP contribution in [0, 0.1) is 26.6 Å². The average Bonchev–Trinajstić information content (AvgIpc) is 3.14. The lowest BCUT2D eigenvalue weighted by Crippen LogP contribution is -2.29. The monoisotopic (exact) mass is 445 g/mol. The number of hydrogen-bond donors (Lipinski definition) is 0. The Kier molecular flexibility index (Phi) is 5.62. The van der Waals surface area contributed by atoms with E-state index in [4.69, 9.17) is 9.97 Å². The van der Waals surface area contributed by atoms with E-state index in [0.717, 1.165) is 42.8 Å². The van der Waals surface area contributed by atoms with Crippen LogP contribution in [0.5, 0.6) is 0 Å². The Labute approximate surface area is 192 Å². The molecule has 4 aromatic heterocycles. The molecule has 33 heavy (non-hydrogen) atoms. The van der Waals surface area contributed by atoms with Crippen LogP contribution in [0.4, 0.5) is 4.39 Å². The van der Waals surface area contributed by atoms with Gasteiger partial charge in [0.05, 0.1) is 18.4 Å². The van der Waals surface area contributed by atoms with Gasteiger partial charge in [-0.05, 0) is 77.0 Å². The van der Waals surface area contributed by atoms with E-state index in [1.54, 1.807) is 6.20 Å². The molecular formula is C25H28FN7. The lowest BCUT2D eigenvalue weighted by Gasteiger charge is -2.28. The summed E-state index contributed by atoms with van der Waals surface area (Å²) in [6, 6.07) is 3.67. The van der Waals surface area contributed by atoms with Gasteiger partial charge in [0.15, 0.2) is 5.65 Å². The fourth-order valence-corrected chi connectivity index (χ4v) is 4.65. The Bertz CT molecular complexity index is 1320. The van der Waals surface area contributed by atoms with Crippen molar-refractivity contribution in [2.45, 2.75) is 46.1 Å². The van der Waals surface area contributed by atoms with Crippen molar-refractivity contribution in [2.75, 3.05) is 20.1 Å². The van der Waals surface area contributed by atoms with Crippen molar-refractivity contribution in [1.29, 1.82) is 0 Å². The predicted molar refractivity (Wildman–Crippen MR) is 126 cm³/mol. The molecule has 4 aromatic rings. The van der Waals surface area contributed by atoms with Gasteiger partial charge >= 0.3 is 0 Å². The second-order valence-corrected chi connectivity index (χ2v) is 9.06. The zero-order valence-corrected chi connectivity index (χ0v) is 19.5. The summed E-state index contributed by atoms with van der Waals surface area (Å²) in [6.45, 7) is 8.67. The topological polar surface area (TPSA) is 72.6 Å². The van der Waals surface area contributed by atoms with E-state index < -0.39 is 5.82 Å². The average molecular weight is 446 g/mol. The first-order valence-electron chi connectivity index (χ1n) is 11.4. The van der Waals surface area contributed by atoms with E-state index in [1.165, 1.54) is 23.5 Å². The summed E-state index contributed by atoms with van der Waals surface area (Å²) in [5.41, 5.74) is 6.31. The summed E-state index contributed by atoms with van der Waals surface area (Å²) in [7, 11) is 2.17. The molecule has 0 bridgehead atoms. The molecule has 0 saturated carbocycles. The maximum atomic E-state index is 14.0. The van der Waals surface area contributed by atoms with E-state index in [1.807, 2.05) is 24.6 Å². The van der Waals surface area contributed by atoms with Crippen LogP contribution in [0.15, 0.2) is 30.7 Å². The van der Waals surface area contributed by atoms with Gasteiger partial charge in [0.1, 0.15) is 23.0 Å².